The van der Waals surface area contributed by atoms with Crippen molar-refractivity contribution in [3.05, 3.63) is 108 Å². The topological polar surface area (TPSA) is 66.5 Å². The molecule has 1 aliphatic heterocycles. The first-order valence-corrected chi connectivity index (χ1v) is 10.6. The molecule has 0 saturated heterocycles. The van der Waals surface area contributed by atoms with Gasteiger partial charge in [-0.25, -0.2) is 17.5 Å². The van der Waals surface area contributed by atoms with Crippen LogP contribution >= 0.6 is 0 Å². The number of sulfonamides is 1. The molecule has 1 heterocycles. The second-order valence-corrected chi connectivity index (χ2v) is 8.66. The lowest BCUT2D eigenvalue weighted by molar-refractivity contribution is 0.219. The third-order valence-corrected chi connectivity index (χ3v) is 6.60. The van der Waals surface area contributed by atoms with Gasteiger partial charge >= 0.3 is 6.03 Å². The number of aryl methyl sites for hydroxylation is 1. The van der Waals surface area contributed by atoms with Crippen LogP contribution in [0.4, 0.5) is 4.79 Å². The largest absolute Gasteiger partial charge is 0.336 e. The Morgan fingerprint density at radius 2 is 1.41 bits per heavy atom. The summed E-state index contributed by atoms with van der Waals surface area (Å²) in [6.45, 7) is 1.88. The maximum atomic E-state index is 13.4. The zero-order chi connectivity index (χ0) is 20.4. The van der Waals surface area contributed by atoms with E-state index in [4.69, 9.17) is 0 Å². The summed E-state index contributed by atoms with van der Waals surface area (Å²) in [6.07, 6.45) is 1.78. The van der Waals surface area contributed by atoms with Gasteiger partial charge in [-0.1, -0.05) is 78.4 Å². The summed E-state index contributed by atoms with van der Waals surface area (Å²) in [6, 6.07) is 23.6. The monoisotopic (exact) mass is 404 g/mol. The molecule has 3 aromatic carbocycles. The van der Waals surface area contributed by atoms with Crippen LogP contribution < -0.4 is 5.32 Å². The van der Waals surface area contributed by atoms with Crippen LogP contribution in [0.3, 0.4) is 0 Å². The highest BCUT2D eigenvalue weighted by atomic mass is 32.2. The van der Waals surface area contributed by atoms with Crippen molar-refractivity contribution in [3.8, 4) is 0 Å². The molecule has 1 atom stereocenters. The number of nitrogens with one attached hydrogen (secondary N) is 1. The molecule has 3 aromatic rings. The van der Waals surface area contributed by atoms with Gasteiger partial charge in [0.15, 0.2) is 0 Å². The molecule has 1 N–H and O–H groups in total. The summed E-state index contributed by atoms with van der Waals surface area (Å²) < 4.78 is 27.7. The molecule has 0 aromatic heterocycles. The average Bonchev–Trinajstić information content (AvgIpc) is 2.74. The Hall–Kier alpha value is -3.38. The summed E-state index contributed by atoms with van der Waals surface area (Å²) in [4.78, 5) is 13.1. The van der Waals surface area contributed by atoms with Crippen LogP contribution in [-0.4, -0.2) is 18.8 Å². The highest BCUT2D eigenvalue weighted by molar-refractivity contribution is 7.89. The smallest absolute Gasteiger partial charge is 0.307 e. The molecule has 5 nitrogen and oxygen atoms in total. The Bertz CT molecular complexity index is 1160. The lowest BCUT2D eigenvalue weighted by atomic mass is 10.0. The van der Waals surface area contributed by atoms with Crippen molar-refractivity contribution in [3.63, 3.8) is 0 Å². The van der Waals surface area contributed by atoms with Crippen molar-refractivity contribution in [1.29, 1.82) is 0 Å². The fourth-order valence-corrected chi connectivity index (χ4v) is 4.77. The summed E-state index contributed by atoms with van der Waals surface area (Å²) in [5.74, 6) is 0. The standard InChI is InChI=1S/C23H20N2O3S/c1-17-12-14-20(15-13-17)29(27,28)25-22(19-10-6-3-7-11-19)16-21(24-23(25)26)18-8-4-2-5-9-18/h2-16,22H,1H3,(H,24,26). The maximum absolute atomic E-state index is 13.4. The second-order valence-electron chi connectivity index (χ2n) is 6.85. The van der Waals surface area contributed by atoms with Gasteiger partial charge in [0, 0.05) is 5.70 Å². The zero-order valence-electron chi connectivity index (χ0n) is 15.8. The van der Waals surface area contributed by atoms with Crippen LogP contribution in [0.15, 0.2) is 95.9 Å². The van der Waals surface area contributed by atoms with Crippen LogP contribution in [0.25, 0.3) is 5.70 Å². The molecule has 0 radical (unpaired) electrons. The highest BCUT2D eigenvalue weighted by Gasteiger charge is 2.39. The normalized spacial score (nSPS) is 16.9. The minimum absolute atomic E-state index is 0.0794. The van der Waals surface area contributed by atoms with Crippen LogP contribution in [0, 0.1) is 6.92 Å². The molecule has 1 unspecified atom stereocenters. The first-order chi connectivity index (χ1) is 14.0. The van der Waals surface area contributed by atoms with E-state index in [1.165, 1.54) is 12.1 Å². The predicted octanol–water partition coefficient (Wildman–Crippen LogP) is 4.49. The molecular weight excluding hydrogens is 384 g/mol. The van der Waals surface area contributed by atoms with Crippen molar-refractivity contribution < 1.29 is 13.2 Å². The average molecular weight is 404 g/mol. The number of amides is 2. The highest BCUT2D eigenvalue weighted by Crippen LogP contribution is 2.34. The number of rotatable bonds is 4. The van der Waals surface area contributed by atoms with Crippen LogP contribution in [-0.2, 0) is 10.0 Å². The number of nitrogens with zero attached hydrogens (tertiary/aromatic N) is 1. The third kappa shape index (κ3) is 3.67. The van der Waals surface area contributed by atoms with Crippen LogP contribution in [0.1, 0.15) is 22.7 Å². The number of hydrogen-bond acceptors (Lipinski definition) is 3. The van der Waals surface area contributed by atoms with Crippen molar-refractivity contribution >= 4 is 21.8 Å². The molecule has 2 amide bonds. The molecule has 1 aliphatic rings. The molecule has 0 bridgehead atoms. The summed E-state index contributed by atoms with van der Waals surface area (Å²) in [7, 11) is -4.05. The Labute approximate surface area is 170 Å². The van der Waals surface area contributed by atoms with Crippen molar-refractivity contribution in [2.75, 3.05) is 0 Å². The van der Waals surface area contributed by atoms with Crippen molar-refractivity contribution in [2.45, 2.75) is 17.9 Å². The first kappa shape index (κ1) is 19.0. The predicted molar refractivity (Wildman–Crippen MR) is 112 cm³/mol. The number of carbonyl (C=O) groups is 1. The first-order valence-electron chi connectivity index (χ1n) is 9.21. The van der Waals surface area contributed by atoms with Crippen molar-refractivity contribution in [2.24, 2.45) is 0 Å². The Morgan fingerprint density at radius 1 is 0.828 bits per heavy atom. The SMILES string of the molecule is Cc1ccc(S(=O)(=O)N2C(=O)NC(c3ccccc3)=CC2c2ccccc2)cc1. The quantitative estimate of drug-likeness (QED) is 0.697. The van der Waals surface area contributed by atoms with Gasteiger partial charge in [0.25, 0.3) is 10.0 Å². The number of urea groups is 1. The maximum Gasteiger partial charge on any atom is 0.336 e. The van der Waals surface area contributed by atoms with E-state index in [1.54, 1.807) is 18.2 Å². The summed E-state index contributed by atoms with van der Waals surface area (Å²) in [5, 5.41) is 2.74. The van der Waals surface area contributed by atoms with Gasteiger partial charge in [0.2, 0.25) is 0 Å². The van der Waals surface area contributed by atoms with E-state index < -0.39 is 22.1 Å². The van der Waals surface area contributed by atoms with E-state index >= 15 is 0 Å². The number of hydrogen-bond donors (Lipinski definition) is 1. The van der Waals surface area contributed by atoms with Gasteiger partial charge in [-0.05, 0) is 36.3 Å². The third-order valence-electron chi connectivity index (χ3n) is 4.82. The van der Waals surface area contributed by atoms with Gasteiger partial charge < -0.3 is 5.32 Å². The zero-order valence-corrected chi connectivity index (χ0v) is 16.6. The van der Waals surface area contributed by atoms with E-state index in [1.807, 2.05) is 67.6 Å². The molecule has 6 heteroatoms. The molecule has 0 aliphatic carbocycles. The molecular formula is C23H20N2O3S. The van der Waals surface area contributed by atoms with Gasteiger partial charge in [0.1, 0.15) is 0 Å². The fraction of sp³-hybridized carbons (Fsp3) is 0.0870. The molecule has 0 spiro atoms. The molecule has 29 heavy (non-hydrogen) atoms. The number of benzene rings is 3. The van der Waals surface area contributed by atoms with Gasteiger partial charge in [-0.3, -0.25) is 0 Å². The van der Waals surface area contributed by atoms with E-state index in [0.29, 0.717) is 11.3 Å². The van der Waals surface area contributed by atoms with E-state index in [2.05, 4.69) is 5.32 Å². The Kier molecular flexibility index (Phi) is 4.94. The van der Waals surface area contributed by atoms with Gasteiger partial charge in [0.05, 0.1) is 10.9 Å². The lowest BCUT2D eigenvalue weighted by Crippen LogP contribution is -2.47. The van der Waals surface area contributed by atoms with Crippen LogP contribution in [0.2, 0.25) is 0 Å². The summed E-state index contributed by atoms with van der Waals surface area (Å²) >= 11 is 0. The molecule has 0 saturated carbocycles. The minimum Gasteiger partial charge on any atom is -0.307 e. The molecule has 146 valence electrons. The Morgan fingerprint density at radius 3 is 2.03 bits per heavy atom. The van der Waals surface area contributed by atoms with E-state index in [-0.39, 0.29) is 4.90 Å². The lowest BCUT2D eigenvalue weighted by Gasteiger charge is -2.34. The minimum atomic E-state index is -4.05. The van der Waals surface area contributed by atoms with Crippen molar-refractivity contribution in [1.82, 2.24) is 9.62 Å². The van der Waals surface area contributed by atoms with E-state index in [9.17, 15) is 13.2 Å². The van der Waals surface area contributed by atoms with E-state index in [0.717, 1.165) is 15.4 Å². The Balaban J connectivity index is 1.85. The molecule has 4 rings (SSSR count). The fourth-order valence-electron chi connectivity index (χ4n) is 3.31. The van der Waals surface area contributed by atoms with Gasteiger partial charge in [-0.15, -0.1) is 0 Å². The molecule has 0 fully saturated rings. The van der Waals surface area contributed by atoms with Gasteiger partial charge in [-0.2, -0.15) is 0 Å². The van der Waals surface area contributed by atoms with Crippen LogP contribution in [0.5, 0.6) is 0 Å². The second kappa shape index (κ2) is 7.56. The number of carbonyl (C=O) groups excluding carboxylic acids is 1. The summed E-state index contributed by atoms with van der Waals surface area (Å²) in [5.41, 5.74) is 3.05.